The van der Waals surface area contributed by atoms with Gasteiger partial charge in [-0.25, -0.2) is 15.0 Å². The van der Waals surface area contributed by atoms with Crippen molar-refractivity contribution in [2.24, 2.45) is 17.8 Å². The van der Waals surface area contributed by atoms with Crippen molar-refractivity contribution in [3.8, 4) is 16.9 Å². The Morgan fingerprint density at radius 1 is 1.05 bits per heavy atom. The zero-order valence-corrected chi connectivity index (χ0v) is 20.9. The Labute approximate surface area is 222 Å². The number of imidazole rings is 1. The molecule has 1 saturated carbocycles. The highest BCUT2D eigenvalue weighted by molar-refractivity contribution is 5.85. The standard InChI is InChI=1S/C28H26F2N6O3/c29-26(30)39-23-4-2-1-3-19(23)22-12-33-28-34-20-8-7-15(9-21(20)36(22)28)18-10-31-27(32-11-18)35-13-16-5-6-17(14-35)24(16)25(37)38/h1-4,7-11,16-17,22,24,26H,5-6,12-14H2,(H,33,34)(H,37,38). The van der Waals surface area contributed by atoms with Crippen LogP contribution >= 0.6 is 0 Å². The van der Waals surface area contributed by atoms with Crippen molar-refractivity contribution in [1.29, 1.82) is 0 Å². The Morgan fingerprint density at radius 2 is 1.79 bits per heavy atom. The highest BCUT2D eigenvalue weighted by Gasteiger charge is 2.46. The van der Waals surface area contributed by atoms with Crippen molar-refractivity contribution >= 4 is 28.9 Å². The van der Waals surface area contributed by atoms with Gasteiger partial charge in [0.1, 0.15) is 5.75 Å². The molecule has 9 nitrogen and oxygen atoms in total. The number of hydrogen-bond acceptors (Lipinski definition) is 7. The number of piperidine rings is 1. The molecule has 2 aliphatic heterocycles. The number of nitrogens with zero attached hydrogens (tertiary/aromatic N) is 5. The van der Waals surface area contributed by atoms with E-state index in [-0.39, 0.29) is 29.5 Å². The third-order valence-electron chi connectivity index (χ3n) is 8.32. The van der Waals surface area contributed by atoms with Crippen molar-refractivity contribution in [1.82, 2.24) is 19.5 Å². The van der Waals surface area contributed by atoms with E-state index in [9.17, 15) is 18.7 Å². The van der Waals surface area contributed by atoms with Crippen molar-refractivity contribution < 1.29 is 23.4 Å². The summed E-state index contributed by atoms with van der Waals surface area (Å²) in [6.07, 6.45) is 5.44. The molecule has 3 aliphatic rings. The normalized spacial score (nSPS) is 23.7. The second-order valence-electron chi connectivity index (χ2n) is 10.5. The van der Waals surface area contributed by atoms with E-state index in [1.807, 2.05) is 28.8 Å². The molecule has 2 aromatic carbocycles. The number of aromatic nitrogens is 4. The molecule has 1 aliphatic carbocycles. The number of para-hydroxylation sites is 1. The van der Waals surface area contributed by atoms with Crippen LogP contribution < -0.4 is 15.0 Å². The van der Waals surface area contributed by atoms with Gasteiger partial charge in [0.2, 0.25) is 11.9 Å². The van der Waals surface area contributed by atoms with Crippen LogP contribution in [0.3, 0.4) is 0 Å². The first-order valence-electron chi connectivity index (χ1n) is 13.1. The van der Waals surface area contributed by atoms with Crippen LogP contribution in [0.2, 0.25) is 0 Å². The van der Waals surface area contributed by atoms with E-state index in [0.717, 1.165) is 35.0 Å². The quantitative estimate of drug-likeness (QED) is 0.370. The average molecular weight is 533 g/mol. The van der Waals surface area contributed by atoms with Gasteiger partial charge in [-0.2, -0.15) is 8.78 Å². The number of rotatable bonds is 6. The Bertz CT molecular complexity index is 1540. The van der Waals surface area contributed by atoms with E-state index in [1.165, 1.54) is 0 Å². The van der Waals surface area contributed by atoms with Gasteiger partial charge in [-0.15, -0.1) is 0 Å². The highest BCUT2D eigenvalue weighted by atomic mass is 19.3. The number of carboxylic acid groups (broad SMARTS) is 1. The molecule has 4 heterocycles. The van der Waals surface area contributed by atoms with Crippen molar-refractivity contribution in [2.75, 3.05) is 29.9 Å². The summed E-state index contributed by atoms with van der Waals surface area (Å²) in [4.78, 5) is 27.7. The lowest BCUT2D eigenvalue weighted by Gasteiger charge is -2.35. The summed E-state index contributed by atoms with van der Waals surface area (Å²) >= 11 is 0. The molecule has 0 amide bonds. The third-order valence-corrected chi connectivity index (χ3v) is 8.32. The van der Waals surface area contributed by atoms with Gasteiger partial charge < -0.3 is 24.6 Å². The number of nitrogens with one attached hydrogen (secondary N) is 1. The number of halogens is 2. The first-order valence-corrected chi connectivity index (χ1v) is 13.1. The van der Waals surface area contributed by atoms with Crippen LogP contribution in [0.15, 0.2) is 54.9 Å². The van der Waals surface area contributed by atoms with Gasteiger partial charge in [-0.3, -0.25) is 4.79 Å². The molecule has 2 fully saturated rings. The maximum absolute atomic E-state index is 13.1. The Morgan fingerprint density at radius 3 is 2.51 bits per heavy atom. The van der Waals surface area contributed by atoms with Crippen molar-refractivity contribution in [3.05, 3.63) is 60.4 Å². The summed E-state index contributed by atoms with van der Waals surface area (Å²) in [5.41, 5.74) is 4.04. The lowest BCUT2D eigenvalue weighted by molar-refractivity contribution is -0.144. The zero-order chi connectivity index (χ0) is 26.7. The maximum atomic E-state index is 13.1. The number of benzene rings is 2. The van der Waals surface area contributed by atoms with Crippen LogP contribution in [-0.2, 0) is 4.79 Å². The summed E-state index contributed by atoms with van der Waals surface area (Å²) < 4.78 is 32.9. The van der Waals surface area contributed by atoms with E-state index in [0.29, 0.717) is 37.1 Å². The van der Waals surface area contributed by atoms with Crippen molar-refractivity contribution in [2.45, 2.75) is 25.5 Å². The SMILES string of the molecule is O=C(O)C1C2CCC1CN(c1ncc(-c3ccc4nc5n(c4c3)C(c3ccccc3OC(F)F)CN5)cn1)C2. The molecule has 7 rings (SSSR count). The van der Waals surface area contributed by atoms with Crippen LogP contribution in [0, 0.1) is 17.8 Å². The number of carbonyl (C=O) groups is 1. The molecule has 39 heavy (non-hydrogen) atoms. The first-order chi connectivity index (χ1) is 19.0. The van der Waals surface area contributed by atoms with Crippen LogP contribution in [0.4, 0.5) is 20.7 Å². The monoisotopic (exact) mass is 532 g/mol. The van der Waals surface area contributed by atoms with Gasteiger partial charge in [0.25, 0.3) is 0 Å². The van der Waals surface area contributed by atoms with Crippen LogP contribution in [-0.4, -0.2) is 56.8 Å². The smallest absolute Gasteiger partial charge is 0.387 e. The fourth-order valence-corrected chi connectivity index (χ4v) is 6.62. The Hall–Kier alpha value is -4.28. The van der Waals surface area contributed by atoms with Gasteiger partial charge in [-0.1, -0.05) is 24.3 Å². The molecular formula is C28H26F2N6O3. The van der Waals surface area contributed by atoms with E-state index in [2.05, 4.69) is 20.2 Å². The van der Waals surface area contributed by atoms with Crippen molar-refractivity contribution in [3.63, 3.8) is 0 Å². The van der Waals surface area contributed by atoms with Gasteiger partial charge in [0.05, 0.1) is 23.0 Å². The number of ether oxygens (including phenoxy) is 1. The average Bonchev–Trinajstić information content (AvgIpc) is 3.58. The molecule has 0 radical (unpaired) electrons. The Balaban J connectivity index is 1.18. The number of anilines is 2. The maximum Gasteiger partial charge on any atom is 0.387 e. The molecule has 2 N–H and O–H groups in total. The molecule has 2 bridgehead atoms. The third kappa shape index (κ3) is 4.03. The highest BCUT2D eigenvalue weighted by Crippen LogP contribution is 2.43. The number of hydrogen-bond donors (Lipinski definition) is 2. The predicted octanol–water partition coefficient (Wildman–Crippen LogP) is 4.66. The van der Waals surface area contributed by atoms with Gasteiger partial charge >= 0.3 is 12.6 Å². The van der Waals surface area contributed by atoms with E-state index >= 15 is 0 Å². The molecule has 1 saturated heterocycles. The summed E-state index contributed by atoms with van der Waals surface area (Å²) in [6, 6.07) is 12.5. The predicted molar refractivity (Wildman–Crippen MR) is 140 cm³/mol. The topological polar surface area (TPSA) is 105 Å². The number of fused-ring (bicyclic) bond motifs is 5. The zero-order valence-electron chi connectivity index (χ0n) is 20.9. The summed E-state index contributed by atoms with van der Waals surface area (Å²) in [6.45, 7) is -1.09. The molecule has 3 atom stereocenters. The van der Waals surface area contributed by atoms with E-state index < -0.39 is 12.6 Å². The number of carboxylic acids is 1. The summed E-state index contributed by atoms with van der Waals surface area (Å²) in [5.74, 6) is 0.743. The van der Waals surface area contributed by atoms with Crippen LogP contribution in [0.1, 0.15) is 24.4 Å². The minimum absolute atomic E-state index is 0.133. The number of aliphatic carboxylic acids is 1. The second kappa shape index (κ2) is 9.18. The molecule has 0 spiro atoms. The number of alkyl halides is 2. The fourth-order valence-electron chi connectivity index (χ4n) is 6.62. The molecule has 4 aromatic rings. The minimum atomic E-state index is -2.91. The largest absolute Gasteiger partial charge is 0.481 e. The first kappa shape index (κ1) is 23.8. The summed E-state index contributed by atoms with van der Waals surface area (Å²) in [7, 11) is 0. The molecule has 200 valence electrons. The molecule has 3 unspecified atom stereocenters. The molecule has 2 aromatic heterocycles. The van der Waals surface area contributed by atoms with Gasteiger partial charge in [0.15, 0.2) is 0 Å². The van der Waals surface area contributed by atoms with Gasteiger partial charge in [-0.05, 0) is 48.4 Å². The lowest BCUT2D eigenvalue weighted by atomic mass is 9.85. The summed E-state index contributed by atoms with van der Waals surface area (Å²) in [5, 5.41) is 12.9. The van der Waals surface area contributed by atoms with E-state index in [1.54, 1.807) is 30.6 Å². The fraction of sp³-hybridized carbons (Fsp3) is 0.357. The molecule has 11 heteroatoms. The van der Waals surface area contributed by atoms with Gasteiger partial charge in [0, 0.05) is 43.2 Å². The second-order valence-corrected chi connectivity index (χ2v) is 10.5. The Kier molecular flexibility index (Phi) is 5.60. The van der Waals surface area contributed by atoms with Crippen LogP contribution in [0.5, 0.6) is 5.75 Å². The minimum Gasteiger partial charge on any atom is -0.481 e. The van der Waals surface area contributed by atoms with E-state index in [4.69, 9.17) is 9.72 Å². The molecular weight excluding hydrogens is 506 g/mol. The van der Waals surface area contributed by atoms with Crippen LogP contribution in [0.25, 0.3) is 22.2 Å². The lowest BCUT2D eigenvalue weighted by Crippen LogP contribution is -2.45.